The Bertz CT molecular complexity index is 617. The van der Waals surface area contributed by atoms with Gasteiger partial charge in [0.1, 0.15) is 11.5 Å². The fourth-order valence-electron chi connectivity index (χ4n) is 3.11. The van der Waals surface area contributed by atoms with Crippen LogP contribution in [0.1, 0.15) is 42.5 Å². The van der Waals surface area contributed by atoms with Crippen LogP contribution in [0.5, 0.6) is 0 Å². The summed E-state index contributed by atoms with van der Waals surface area (Å²) in [4.78, 5) is 2.42. The van der Waals surface area contributed by atoms with Gasteiger partial charge in [-0.3, -0.25) is 9.58 Å². The van der Waals surface area contributed by atoms with E-state index in [0.717, 1.165) is 50.9 Å². The van der Waals surface area contributed by atoms with Crippen LogP contribution in [0.3, 0.4) is 0 Å². The average Bonchev–Trinajstić information content (AvgIpc) is 3.10. The van der Waals surface area contributed by atoms with Crippen LogP contribution in [0.4, 0.5) is 0 Å². The van der Waals surface area contributed by atoms with Crippen LogP contribution in [0.25, 0.3) is 0 Å². The second kappa shape index (κ2) is 6.67. The van der Waals surface area contributed by atoms with E-state index in [1.54, 1.807) is 0 Å². The van der Waals surface area contributed by atoms with Crippen molar-refractivity contribution in [1.29, 1.82) is 0 Å². The first-order valence-electron chi connectivity index (χ1n) is 8.11. The molecule has 0 amide bonds. The van der Waals surface area contributed by atoms with Gasteiger partial charge in [0.25, 0.3) is 0 Å². The molecule has 0 N–H and O–H groups in total. The molecule has 0 radical (unpaired) electrons. The molecule has 3 rings (SSSR count). The molecule has 0 aromatic carbocycles. The Balaban J connectivity index is 1.77. The highest BCUT2D eigenvalue weighted by Crippen LogP contribution is 2.28. The quantitative estimate of drug-likeness (QED) is 0.823. The maximum absolute atomic E-state index is 5.72. The first-order chi connectivity index (χ1) is 10.7. The van der Waals surface area contributed by atoms with Gasteiger partial charge in [-0.25, -0.2) is 0 Å². The third-order valence-corrected chi connectivity index (χ3v) is 4.15. The minimum Gasteiger partial charge on any atom is -0.465 e. The van der Waals surface area contributed by atoms with Gasteiger partial charge < -0.3 is 9.15 Å². The van der Waals surface area contributed by atoms with Crippen LogP contribution >= 0.6 is 0 Å². The molecule has 1 atom stereocenters. The molecule has 2 aromatic rings. The summed E-state index contributed by atoms with van der Waals surface area (Å²) >= 11 is 0. The Labute approximate surface area is 131 Å². The van der Waals surface area contributed by atoms with E-state index in [0.29, 0.717) is 5.92 Å². The highest BCUT2D eigenvalue weighted by atomic mass is 16.5. The van der Waals surface area contributed by atoms with Crippen LogP contribution in [-0.4, -0.2) is 34.4 Å². The topological polar surface area (TPSA) is 43.4 Å². The summed E-state index contributed by atoms with van der Waals surface area (Å²) in [5.41, 5.74) is 2.53. The van der Waals surface area contributed by atoms with Crippen molar-refractivity contribution >= 4 is 0 Å². The minimum absolute atomic E-state index is 0.340. The maximum atomic E-state index is 5.72. The molecule has 0 saturated heterocycles. The number of rotatable bonds is 6. The molecule has 0 bridgehead atoms. The van der Waals surface area contributed by atoms with Crippen molar-refractivity contribution in [2.24, 2.45) is 0 Å². The molecule has 5 heteroatoms. The molecular formula is C17H25N3O2. The summed E-state index contributed by atoms with van der Waals surface area (Å²) in [6.45, 7) is 11.3. The third kappa shape index (κ3) is 3.25. The van der Waals surface area contributed by atoms with Crippen LogP contribution < -0.4 is 0 Å². The second-order valence-electron chi connectivity index (χ2n) is 5.93. The smallest absolute Gasteiger partial charge is 0.118 e. The summed E-state index contributed by atoms with van der Waals surface area (Å²) in [6.07, 6.45) is 2.17. The Hall–Kier alpha value is -1.59. The molecule has 0 fully saturated rings. The molecule has 2 aromatic heterocycles. The molecule has 0 spiro atoms. The van der Waals surface area contributed by atoms with Crippen LogP contribution in [-0.2, 0) is 24.4 Å². The number of hydrogen-bond donors (Lipinski definition) is 0. The lowest BCUT2D eigenvalue weighted by Crippen LogP contribution is -2.34. The Morgan fingerprint density at radius 2 is 2.23 bits per heavy atom. The lowest BCUT2D eigenvalue weighted by Gasteiger charge is -2.31. The molecule has 22 heavy (non-hydrogen) atoms. The van der Waals surface area contributed by atoms with Gasteiger partial charge in [-0.05, 0) is 32.9 Å². The van der Waals surface area contributed by atoms with Gasteiger partial charge in [-0.2, -0.15) is 5.10 Å². The standard InChI is InChI=1S/C17H25N3O2/c1-4-20-10-14-8-19(11-16-7-6-13(3)22-16)9-15(12-21-5-2)17(14)18-20/h6-7,10,15H,4-5,8-9,11-12H2,1-3H3/t15-/m0/s1. The largest absolute Gasteiger partial charge is 0.465 e. The van der Waals surface area contributed by atoms with Gasteiger partial charge in [-0.15, -0.1) is 0 Å². The van der Waals surface area contributed by atoms with Crippen molar-refractivity contribution in [2.45, 2.75) is 46.3 Å². The molecule has 120 valence electrons. The second-order valence-corrected chi connectivity index (χ2v) is 5.93. The Kier molecular flexibility index (Phi) is 4.64. The number of aromatic nitrogens is 2. The van der Waals surface area contributed by atoms with Gasteiger partial charge in [0.05, 0.1) is 18.8 Å². The third-order valence-electron chi connectivity index (χ3n) is 4.15. The van der Waals surface area contributed by atoms with E-state index in [2.05, 4.69) is 24.1 Å². The van der Waals surface area contributed by atoms with Crippen molar-refractivity contribution in [3.8, 4) is 0 Å². The van der Waals surface area contributed by atoms with Gasteiger partial charge in [0.15, 0.2) is 0 Å². The van der Waals surface area contributed by atoms with E-state index in [9.17, 15) is 0 Å². The molecule has 0 aliphatic carbocycles. The van der Waals surface area contributed by atoms with Crippen LogP contribution in [0.15, 0.2) is 22.7 Å². The van der Waals surface area contributed by atoms with Crippen molar-refractivity contribution in [1.82, 2.24) is 14.7 Å². The maximum Gasteiger partial charge on any atom is 0.118 e. The number of nitrogens with zero attached hydrogens (tertiary/aromatic N) is 3. The normalized spacial score (nSPS) is 18.6. The molecule has 1 aliphatic rings. The van der Waals surface area contributed by atoms with Crippen molar-refractivity contribution in [3.63, 3.8) is 0 Å². The lowest BCUT2D eigenvalue weighted by molar-refractivity contribution is 0.101. The molecular weight excluding hydrogens is 278 g/mol. The fourth-order valence-corrected chi connectivity index (χ4v) is 3.11. The number of furan rings is 1. The van der Waals surface area contributed by atoms with E-state index < -0.39 is 0 Å². The predicted octanol–water partition coefficient (Wildman–Crippen LogP) is 2.94. The van der Waals surface area contributed by atoms with E-state index >= 15 is 0 Å². The van der Waals surface area contributed by atoms with Crippen molar-refractivity contribution < 1.29 is 9.15 Å². The summed E-state index contributed by atoms with van der Waals surface area (Å²) < 4.78 is 13.4. The highest BCUT2D eigenvalue weighted by Gasteiger charge is 2.29. The monoisotopic (exact) mass is 303 g/mol. The van der Waals surface area contributed by atoms with Gasteiger partial charge in [0, 0.05) is 43.9 Å². The first-order valence-corrected chi connectivity index (χ1v) is 8.11. The molecule has 5 nitrogen and oxygen atoms in total. The van der Waals surface area contributed by atoms with Gasteiger partial charge in [0.2, 0.25) is 0 Å². The van der Waals surface area contributed by atoms with E-state index in [4.69, 9.17) is 14.3 Å². The summed E-state index contributed by atoms with van der Waals surface area (Å²) in [7, 11) is 0. The van der Waals surface area contributed by atoms with E-state index in [1.807, 2.05) is 24.6 Å². The molecule has 0 saturated carbocycles. The molecule has 1 aliphatic heterocycles. The zero-order chi connectivity index (χ0) is 15.5. The van der Waals surface area contributed by atoms with Crippen LogP contribution in [0.2, 0.25) is 0 Å². The Morgan fingerprint density at radius 1 is 1.36 bits per heavy atom. The zero-order valence-corrected chi connectivity index (χ0v) is 13.7. The minimum atomic E-state index is 0.340. The van der Waals surface area contributed by atoms with Crippen molar-refractivity contribution in [2.75, 3.05) is 19.8 Å². The van der Waals surface area contributed by atoms with E-state index in [1.165, 1.54) is 11.3 Å². The van der Waals surface area contributed by atoms with E-state index in [-0.39, 0.29) is 0 Å². The molecule has 0 unspecified atom stereocenters. The summed E-state index contributed by atoms with van der Waals surface area (Å²) in [6, 6.07) is 4.09. The number of ether oxygens (including phenoxy) is 1. The molecule has 3 heterocycles. The summed E-state index contributed by atoms with van der Waals surface area (Å²) in [5, 5.41) is 4.74. The van der Waals surface area contributed by atoms with Gasteiger partial charge in [-0.1, -0.05) is 0 Å². The average molecular weight is 303 g/mol. The predicted molar refractivity (Wildman–Crippen MR) is 84.7 cm³/mol. The van der Waals surface area contributed by atoms with Crippen LogP contribution in [0, 0.1) is 6.92 Å². The SMILES string of the molecule is CCOC[C@@H]1CN(Cc2ccc(C)o2)Cc2cn(CC)nc21. The number of hydrogen-bond acceptors (Lipinski definition) is 4. The number of aryl methyl sites for hydroxylation is 2. The highest BCUT2D eigenvalue weighted by molar-refractivity contribution is 5.25. The zero-order valence-electron chi connectivity index (χ0n) is 13.7. The van der Waals surface area contributed by atoms with Crippen molar-refractivity contribution in [3.05, 3.63) is 41.1 Å². The summed E-state index contributed by atoms with van der Waals surface area (Å²) in [5.74, 6) is 2.34. The first kappa shape index (κ1) is 15.3. The van der Waals surface area contributed by atoms with Gasteiger partial charge >= 0.3 is 0 Å². The lowest BCUT2D eigenvalue weighted by atomic mass is 9.97. The fraction of sp³-hybridized carbons (Fsp3) is 0.588. The Morgan fingerprint density at radius 3 is 2.91 bits per heavy atom. The number of fused-ring (bicyclic) bond motifs is 1.